The number of benzene rings is 2. The first-order chi connectivity index (χ1) is 12.6. The van der Waals surface area contributed by atoms with Crippen LogP contribution in [-0.4, -0.2) is 15.6 Å². The summed E-state index contributed by atoms with van der Waals surface area (Å²) in [5, 5.41) is 9.62. The first kappa shape index (κ1) is 18.8. The molecule has 3 aromatic rings. The van der Waals surface area contributed by atoms with Gasteiger partial charge in [-0.3, -0.25) is 0 Å². The molecule has 0 aliphatic carbocycles. The molecular weight excluding hydrogens is 355 g/mol. The predicted octanol–water partition coefficient (Wildman–Crippen LogP) is 5.79. The third-order valence-electron chi connectivity index (χ3n) is 4.53. The Kier molecular flexibility index (Phi) is 4.59. The van der Waals surface area contributed by atoms with Gasteiger partial charge in [-0.2, -0.15) is 13.2 Å². The van der Waals surface area contributed by atoms with E-state index in [1.54, 1.807) is 56.3 Å². The van der Waals surface area contributed by atoms with Crippen LogP contribution in [0.3, 0.4) is 0 Å². The van der Waals surface area contributed by atoms with Gasteiger partial charge in [0.05, 0.1) is 5.56 Å². The third kappa shape index (κ3) is 3.35. The monoisotopic (exact) mass is 373 g/mol. The van der Waals surface area contributed by atoms with Gasteiger partial charge in [0.1, 0.15) is 5.69 Å². The van der Waals surface area contributed by atoms with E-state index < -0.39 is 23.4 Å². The molecule has 0 amide bonds. The van der Waals surface area contributed by atoms with Crippen molar-refractivity contribution in [1.29, 1.82) is 0 Å². The minimum Gasteiger partial charge on any atom is -0.478 e. The lowest BCUT2D eigenvalue weighted by molar-refractivity contribution is -0.142. The van der Waals surface area contributed by atoms with Gasteiger partial charge in [0.2, 0.25) is 0 Å². The standard InChI is InChI=1S/C21H18F3NO2/c1-12-8-9-17(14(3)10-12)25-11-16(15-7-5-4-6-13(15)2)18(20(26)27)19(25)21(22,23)24/h4-11H,1-3H3,(H,26,27). The minimum atomic E-state index is -4.83. The van der Waals surface area contributed by atoms with E-state index >= 15 is 0 Å². The zero-order chi connectivity index (χ0) is 19.9. The lowest BCUT2D eigenvalue weighted by Gasteiger charge is -2.15. The molecule has 0 fully saturated rings. The molecule has 6 heteroatoms. The van der Waals surface area contributed by atoms with Crippen LogP contribution in [0.2, 0.25) is 0 Å². The number of halogens is 3. The third-order valence-corrected chi connectivity index (χ3v) is 4.53. The number of hydrogen-bond donors (Lipinski definition) is 1. The van der Waals surface area contributed by atoms with Gasteiger partial charge in [0, 0.05) is 17.4 Å². The smallest absolute Gasteiger partial charge is 0.432 e. The van der Waals surface area contributed by atoms with Crippen LogP contribution in [0.1, 0.15) is 32.7 Å². The molecule has 0 saturated heterocycles. The zero-order valence-corrected chi connectivity index (χ0v) is 15.1. The molecule has 0 radical (unpaired) electrons. The van der Waals surface area contributed by atoms with Gasteiger partial charge >= 0.3 is 12.1 Å². The molecule has 0 saturated carbocycles. The Morgan fingerprint density at radius 2 is 1.63 bits per heavy atom. The quantitative estimate of drug-likeness (QED) is 0.632. The van der Waals surface area contributed by atoms with Crippen LogP contribution >= 0.6 is 0 Å². The molecule has 2 aromatic carbocycles. The molecular formula is C21H18F3NO2. The van der Waals surface area contributed by atoms with E-state index in [1.165, 1.54) is 6.20 Å². The Bertz CT molecular complexity index is 1030. The summed E-state index contributed by atoms with van der Waals surface area (Å²) >= 11 is 0. The van der Waals surface area contributed by atoms with E-state index in [9.17, 15) is 23.1 Å². The Balaban J connectivity index is 2.43. The van der Waals surface area contributed by atoms with E-state index in [0.29, 0.717) is 22.4 Å². The van der Waals surface area contributed by atoms with Crippen LogP contribution in [0.4, 0.5) is 13.2 Å². The van der Waals surface area contributed by atoms with Crippen molar-refractivity contribution in [3.63, 3.8) is 0 Å². The molecule has 1 heterocycles. The number of carboxylic acids is 1. The molecule has 0 spiro atoms. The summed E-state index contributed by atoms with van der Waals surface area (Å²) in [6, 6.07) is 11.8. The molecule has 140 valence electrons. The second-order valence-electron chi connectivity index (χ2n) is 6.54. The van der Waals surface area contributed by atoms with Gasteiger partial charge in [-0.15, -0.1) is 0 Å². The Morgan fingerprint density at radius 1 is 0.963 bits per heavy atom. The van der Waals surface area contributed by atoms with E-state index in [1.807, 2.05) is 6.92 Å². The molecule has 0 unspecified atom stereocenters. The van der Waals surface area contributed by atoms with Crippen molar-refractivity contribution < 1.29 is 23.1 Å². The maximum Gasteiger partial charge on any atom is 0.432 e. The summed E-state index contributed by atoms with van der Waals surface area (Å²) in [4.78, 5) is 11.8. The summed E-state index contributed by atoms with van der Waals surface area (Å²) in [5.74, 6) is -1.61. The number of nitrogens with zero attached hydrogens (tertiary/aromatic N) is 1. The maximum absolute atomic E-state index is 13.9. The molecule has 27 heavy (non-hydrogen) atoms. The van der Waals surface area contributed by atoms with Crippen LogP contribution in [0.15, 0.2) is 48.7 Å². The predicted molar refractivity (Wildman–Crippen MR) is 97.4 cm³/mol. The van der Waals surface area contributed by atoms with Crippen LogP contribution in [-0.2, 0) is 6.18 Å². The number of alkyl halides is 3. The van der Waals surface area contributed by atoms with Gasteiger partial charge in [-0.1, -0.05) is 42.0 Å². The highest BCUT2D eigenvalue weighted by Gasteiger charge is 2.42. The van der Waals surface area contributed by atoms with Crippen molar-refractivity contribution in [3.8, 4) is 16.8 Å². The number of aryl methyl sites for hydroxylation is 3. The van der Waals surface area contributed by atoms with E-state index in [4.69, 9.17) is 0 Å². The first-order valence-corrected chi connectivity index (χ1v) is 8.30. The highest BCUT2D eigenvalue weighted by molar-refractivity contribution is 5.98. The second kappa shape index (κ2) is 6.61. The first-order valence-electron chi connectivity index (χ1n) is 8.30. The van der Waals surface area contributed by atoms with E-state index in [2.05, 4.69) is 0 Å². The lowest BCUT2D eigenvalue weighted by Crippen LogP contribution is -2.17. The number of carbonyl (C=O) groups is 1. The second-order valence-corrected chi connectivity index (χ2v) is 6.54. The Hall–Kier alpha value is -3.02. The van der Waals surface area contributed by atoms with Gasteiger partial charge in [-0.05, 0) is 43.5 Å². The van der Waals surface area contributed by atoms with Crippen LogP contribution in [0.5, 0.6) is 0 Å². The molecule has 3 rings (SSSR count). The number of hydrogen-bond acceptors (Lipinski definition) is 1. The molecule has 3 nitrogen and oxygen atoms in total. The maximum atomic E-state index is 13.9. The molecule has 0 bridgehead atoms. The van der Waals surface area contributed by atoms with Gasteiger partial charge in [-0.25, -0.2) is 4.79 Å². The number of rotatable bonds is 3. The summed E-state index contributed by atoms with van der Waals surface area (Å²) in [6.07, 6.45) is -3.56. The van der Waals surface area contributed by atoms with Crippen molar-refractivity contribution in [1.82, 2.24) is 4.57 Å². The fraction of sp³-hybridized carbons (Fsp3) is 0.190. The Labute approximate surface area is 154 Å². The molecule has 0 atom stereocenters. The highest BCUT2D eigenvalue weighted by Crippen LogP contribution is 2.41. The van der Waals surface area contributed by atoms with Crippen LogP contribution in [0.25, 0.3) is 16.8 Å². The molecule has 0 aliphatic rings. The van der Waals surface area contributed by atoms with Crippen molar-refractivity contribution >= 4 is 5.97 Å². The average Bonchev–Trinajstić information content (AvgIpc) is 2.95. The van der Waals surface area contributed by atoms with Gasteiger partial charge < -0.3 is 9.67 Å². The van der Waals surface area contributed by atoms with Gasteiger partial charge in [0.15, 0.2) is 0 Å². The summed E-state index contributed by atoms with van der Waals surface area (Å²) in [7, 11) is 0. The number of aromatic nitrogens is 1. The van der Waals surface area contributed by atoms with Crippen LogP contribution in [0, 0.1) is 20.8 Å². The summed E-state index contributed by atoms with van der Waals surface area (Å²) in [5.41, 5.74) is 1.13. The van der Waals surface area contributed by atoms with Gasteiger partial charge in [0.25, 0.3) is 0 Å². The normalized spacial score (nSPS) is 11.6. The minimum absolute atomic E-state index is 0.0490. The van der Waals surface area contributed by atoms with Crippen LogP contribution < -0.4 is 0 Å². The highest BCUT2D eigenvalue weighted by atomic mass is 19.4. The van der Waals surface area contributed by atoms with Crippen molar-refractivity contribution in [2.75, 3.05) is 0 Å². The molecule has 1 aromatic heterocycles. The van der Waals surface area contributed by atoms with E-state index in [0.717, 1.165) is 10.1 Å². The van der Waals surface area contributed by atoms with Crippen molar-refractivity contribution in [3.05, 3.63) is 76.6 Å². The SMILES string of the molecule is Cc1ccc(-n2cc(-c3ccccc3C)c(C(=O)O)c2C(F)(F)F)c(C)c1. The van der Waals surface area contributed by atoms with Crippen molar-refractivity contribution in [2.45, 2.75) is 26.9 Å². The van der Waals surface area contributed by atoms with E-state index in [-0.39, 0.29) is 5.56 Å². The topological polar surface area (TPSA) is 42.2 Å². The fourth-order valence-corrected chi connectivity index (χ4v) is 3.35. The van der Waals surface area contributed by atoms with Crippen molar-refractivity contribution in [2.24, 2.45) is 0 Å². The molecule has 1 N–H and O–H groups in total. The largest absolute Gasteiger partial charge is 0.478 e. The average molecular weight is 373 g/mol. The summed E-state index contributed by atoms with van der Waals surface area (Å²) in [6.45, 7) is 5.29. The molecule has 0 aliphatic heterocycles. The lowest BCUT2D eigenvalue weighted by atomic mass is 9.98. The number of aromatic carboxylic acids is 1. The number of carboxylic acid groups (broad SMARTS) is 1. The fourth-order valence-electron chi connectivity index (χ4n) is 3.35. The Morgan fingerprint density at radius 3 is 2.19 bits per heavy atom. The zero-order valence-electron chi connectivity index (χ0n) is 15.1. The summed E-state index contributed by atoms with van der Waals surface area (Å²) < 4.78 is 42.7.